The average molecular weight is 375 g/mol. The summed E-state index contributed by atoms with van der Waals surface area (Å²) in [6.45, 7) is 7.05. The molecule has 0 aromatic carbocycles. The van der Waals surface area contributed by atoms with E-state index in [9.17, 15) is 9.59 Å². The molecule has 0 unspecified atom stereocenters. The standard InChI is InChI=1S/C17H21N5O3S/c1-10-7-22(8-11(2)25-10)15-5-4-13(6-18-15)20-16(24)14-9-26-17(21-14)19-12(3)23/h4-6,9-11H,7-8H2,1-3H3,(H,20,24)(H,19,21,23)/t10-,11-/m1/s1. The smallest absolute Gasteiger partial charge is 0.275 e. The average Bonchev–Trinajstić information content (AvgIpc) is 3.02. The molecule has 0 radical (unpaired) electrons. The molecule has 3 rings (SSSR count). The van der Waals surface area contributed by atoms with Crippen molar-refractivity contribution >= 4 is 39.8 Å². The summed E-state index contributed by atoms with van der Waals surface area (Å²) in [5.41, 5.74) is 0.834. The van der Waals surface area contributed by atoms with Gasteiger partial charge in [-0.15, -0.1) is 11.3 Å². The Morgan fingerprint density at radius 1 is 1.23 bits per heavy atom. The highest BCUT2D eigenvalue weighted by molar-refractivity contribution is 7.14. The topological polar surface area (TPSA) is 96.5 Å². The van der Waals surface area contributed by atoms with Crippen LogP contribution in [0.15, 0.2) is 23.7 Å². The normalized spacial score (nSPS) is 19.9. The summed E-state index contributed by atoms with van der Waals surface area (Å²) in [5.74, 6) is 0.283. The molecule has 2 amide bonds. The zero-order chi connectivity index (χ0) is 18.7. The zero-order valence-corrected chi connectivity index (χ0v) is 15.7. The number of pyridine rings is 1. The van der Waals surface area contributed by atoms with Crippen LogP contribution in [0.1, 0.15) is 31.3 Å². The van der Waals surface area contributed by atoms with Gasteiger partial charge in [0.1, 0.15) is 11.5 Å². The molecule has 8 nitrogen and oxygen atoms in total. The van der Waals surface area contributed by atoms with Crippen molar-refractivity contribution < 1.29 is 14.3 Å². The molecular formula is C17H21N5O3S. The number of morpholine rings is 1. The van der Waals surface area contributed by atoms with Crippen molar-refractivity contribution in [2.75, 3.05) is 28.6 Å². The van der Waals surface area contributed by atoms with Gasteiger partial charge in [0, 0.05) is 25.4 Å². The number of anilines is 3. The first kappa shape index (κ1) is 18.3. The van der Waals surface area contributed by atoms with Gasteiger partial charge in [-0.05, 0) is 26.0 Å². The van der Waals surface area contributed by atoms with E-state index < -0.39 is 0 Å². The van der Waals surface area contributed by atoms with Crippen LogP contribution < -0.4 is 15.5 Å². The molecule has 0 bridgehead atoms. The summed E-state index contributed by atoms with van der Waals surface area (Å²) in [6.07, 6.45) is 1.93. The van der Waals surface area contributed by atoms with Crippen molar-refractivity contribution in [1.29, 1.82) is 0 Å². The number of nitrogens with one attached hydrogen (secondary N) is 2. The van der Waals surface area contributed by atoms with Crippen LogP contribution >= 0.6 is 11.3 Å². The Bertz CT molecular complexity index is 782. The Hall–Kier alpha value is -2.52. The van der Waals surface area contributed by atoms with E-state index >= 15 is 0 Å². The number of rotatable bonds is 4. The lowest BCUT2D eigenvalue weighted by Crippen LogP contribution is -2.45. The molecule has 1 saturated heterocycles. The molecule has 3 heterocycles. The summed E-state index contributed by atoms with van der Waals surface area (Å²) in [6, 6.07) is 3.69. The van der Waals surface area contributed by atoms with Gasteiger partial charge in [0.15, 0.2) is 5.13 Å². The van der Waals surface area contributed by atoms with Crippen LogP contribution in [-0.4, -0.2) is 47.1 Å². The molecule has 138 valence electrons. The van der Waals surface area contributed by atoms with Crippen LogP contribution in [0, 0.1) is 0 Å². The van der Waals surface area contributed by atoms with E-state index in [-0.39, 0.29) is 29.7 Å². The Balaban J connectivity index is 1.62. The maximum absolute atomic E-state index is 12.3. The lowest BCUT2D eigenvalue weighted by Gasteiger charge is -2.36. The number of amides is 2. The van der Waals surface area contributed by atoms with Crippen molar-refractivity contribution in [1.82, 2.24) is 9.97 Å². The van der Waals surface area contributed by atoms with Crippen LogP contribution in [0.4, 0.5) is 16.6 Å². The molecular weight excluding hydrogens is 354 g/mol. The minimum atomic E-state index is -0.346. The first-order valence-electron chi connectivity index (χ1n) is 8.31. The van der Waals surface area contributed by atoms with Crippen molar-refractivity contribution in [3.63, 3.8) is 0 Å². The third-order valence-electron chi connectivity index (χ3n) is 3.77. The molecule has 1 aliphatic rings. The van der Waals surface area contributed by atoms with E-state index in [1.807, 2.05) is 26.0 Å². The number of hydrogen-bond donors (Lipinski definition) is 2. The Morgan fingerprint density at radius 3 is 2.58 bits per heavy atom. The Morgan fingerprint density at radius 2 is 1.96 bits per heavy atom. The van der Waals surface area contributed by atoms with Gasteiger partial charge in [-0.3, -0.25) is 9.59 Å². The molecule has 1 aliphatic heterocycles. The number of thiazole rings is 1. The minimum Gasteiger partial charge on any atom is -0.372 e. The fraction of sp³-hybridized carbons (Fsp3) is 0.412. The predicted octanol–water partition coefficient (Wildman–Crippen LogP) is 2.36. The van der Waals surface area contributed by atoms with E-state index in [0.717, 1.165) is 18.9 Å². The highest BCUT2D eigenvalue weighted by Gasteiger charge is 2.23. The SMILES string of the molecule is CC(=O)Nc1nc(C(=O)Nc2ccc(N3C[C@@H](C)O[C@H](C)C3)nc2)cs1. The van der Waals surface area contributed by atoms with Gasteiger partial charge in [0.2, 0.25) is 5.91 Å². The highest BCUT2D eigenvalue weighted by atomic mass is 32.1. The second kappa shape index (κ2) is 7.79. The number of hydrogen-bond acceptors (Lipinski definition) is 7. The fourth-order valence-corrected chi connectivity index (χ4v) is 3.53. The maximum Gasteiger partial charge on any atom is 0.275 e. The van der Waals surface area contributed by atoms with Gasteiger partial charge in [0.25, 0.3) is 5.91 Å². The summed E-state index contributed by atoms with van der Waals surface area (Å²) in [5, 5.41) is 7.31. The molecule has 9 heteroatoms. The number of carbonyl (C=O) groups excluding carboxylic acids is 2. The first-order valence-corrected chi connectivity index (χ1v) is 9.19. The number of ether oxygens (including phenoxy) is 1. The molecule has 0 aliphatic carbocycles. The number of carbonyl (C=O) groups is 2. The second-order valence-electron chi connectivity index (χ2n) is 6.24. The second-order valence-corrected chi connectivity index (χ2v) is 7.10. The van der Waals surface area contributed by atoms with Gasteiger partial charge < -0.3 is 20.3 Å². The first-order chi connectivity index (χ1) is 12.4. The molecule has 26 heavy (non-hydrogen) atoms. The highest BCUT2D eigenvalue weighted by Crippen LogP contribution is 2.21. The molecule has 2 atom stereocenters. The molecule has 1 fully saturated rings. The number of nitrogens with zero attached hydrogens (tertiary/aromatic N) is 3. The largest absolute Gasteiger partial charge is 0.372 e. The molecule has 2 aromatic rings. The lowest BCUT2D eigenvalue weighted by molar-refractivity contribution is -0.114. The van der Waals surface area contributed by atoms with Crippen LogP contribution in [0.3, 0.4) is 0 Å². The monoisotopic (exact) mass is 375 g/mol. The van der Waals surface area contributed by atoms with E-state index in [2.05, 4.69) is 25.5 Å². The van der Waals surface area contributed by atoms with Crippen LogP contribution in [-0.2, 0) is 9.53 Å². The van der Waals surface area contributed by atoms with Crippen molar-refractivity contribution in [3.8, 4) is 0 Å². The molecule has 2 N–H and O–H groups in total. The van der Waals surface area contributed by atoms with Gasteiger partial charge in [-0.25, -0.2) is 9.97 Å². The summed E-state index contributed by atoms with van der Waals surface area (Å²) in [4.78, 5) is 34.0. The zero-order valence-electron chi connectivity index (χ0n) is 14.9. The summed E-state index contributed by atoms with van der Waals surface area (Å²) in [7, 11) is 0. The third kappa shape index (κ3) is 4.55. The van der Waals surface area contributed by atoms with Crippen LogP contribution in [0.25, 0.3) is 0 Å². The van der Waals surface area contributed by atoms with Crippen molar-refractivity contribution in [3.05, 3.63) is 29.4 Å². The Labute approximate surface area is 155 Å². The molecule has 0 spiro atoms. The van der Waals surface area contributed by atoms with Gasteiger partial charge in [-0.1, -0.05) is 0 Å². The molecule has 2 aromatic heterocycles. The van der Waals surface area contributed by atoms with Gasteiger partial charge in [-0.2, -0.15) is 0 Å². The maximum atomic E-state index is 12.3. The quantitative estimate of drug-likeness (QED) is 0.852. The van der Waals surface area contributed by atoms with E-state index in [1.165, 1.54) is 18.3 Å². The van der Waals surface area contributed by atoms with Crippen LogP contribution in [0.5, 0.6) is 0 Å². The van der Waals surface area contributed by atoms with Crippen molar-refractivity contribution in [2.24, 2.45) is 0 Å². The molecule has 0 saturated carbocycles. The lowest BCUT2D eigenvalue weighted by atomic mass is 10.2. The summed E-state index contributed by atoms with van der Waals surface area (Å²) < 4.78 is 5.73. The predicted molar refractivity (Wildman–Crippen MR) is 101 cm³/mol. The van der Waals surface area contributed by atoms with Crippen molar-refractivity contribution in [2.45, 2.75) is 33.0 Å². The van der Waals surface area contributed by atoms with E-state index in [1.54, 1.807) is 11.6 Å². The van der Waals surface area contributed by atoms with E-state index in [4.69, 9.17) is 4.74 Å². The third-order valence-corrected chi connectivity index (χ3v) is 4.53. The van der Waals surface area contributed by atoms with Gasteiger partial charge >= 0.3 is 0 Å². The fourth-order valence-electron chi connectivity index (χ4n) is 2.79. The number of aromatic nitrogens is 2. The van der Waals surface area contributed by atoms with Crippen LogP contribution in [0.2, 0.25) is 0 Å². The van der Waals surface area contributed by atoms with Gasteiger partial charge in [0.05, 0.1) is 24.1 Å². The van der Waals surface area contributed by atoms with E-state index in [0.29, 0.717) is 10.8 Å². The summed E-state index contributed by atoms with van der Waals surface area (Å²) >= 11 is 1.20. The minimum absolute atomic E-state index is 0.155. The Kier molecular flexibility index (Phi) is 5.48.